The highest BCUT2D eigenvalue weighted by molar-refractivity contribution is 6.01. The van der Waals surface area contributed by atoms with Crippen molar-refractivity contribution in [3.05, 3.63) is 64.7 Å². The molecule has 1 N–H and O–H groups in total. The van der Waals surface area contributed by atoms with Gasteiger partial charge in [0, 0.05) is 25.3 Å². The molecule has 4 rings (SSSR count). The van der Waals surface area contributed by atoms with Crippen LogP contribution in [-0.4, -0.2) is 48.8 Å². The van der Waals surface area contributed by atoms with E-state index >= 15 is 0 Å². The smallest absolute Gasteiger partial charge is 0.405 e. The van der Waals surface area contributed by atoms with Crippen LogP contribution >= 0.6 is 0 Å². The number of carbonyl (C=O) groups is 2. The van der Waals surface area contributed by atoms with E-state index in [9.17, 15) is 22.8 Å². The SMILES string of the molecule is O=C(NCC(F)(F)F)c1ccc(CN2Cc3cccc(OCC4CCCO4)c3C2=O)cc1. The molecule has 2 aromatic rings. The molecule has 2 amide bonds. The van der Waals surface area contributed by atoms with Gasteiger partial charge < -0.3 is 19.7 Å². The maximum absolute atomic E-state index is 13.0. The molecule has 1 atom stereocenters. The van der Waals surface area contributed by atoms with E-state index in [1.54, 1.807) is 23.1 Å². The molecule has 0 bridgehead atoms. The predicted molar refractivity (Wildman–Crippen MR) is 109 cm³/mol. The molecule has 0 radical (unpaired) electrons. The molecule has 1 unspecified atom stereocenters. The Balaban J connectivity index is 1.38. The summed E-state index contributed by atoms with van der Waals surface area (Å²) in [5.41, 5.74) is 2.32. The minimum atomic E-state index is -4.46. The number of halogens is 3. The lowest BCUT2D eigenvalue weighted by molar-refractivity contribution is -0.123. The Morgan fingerprint density at radius 2 is 1.97 bits per heavy atom. The van der Waals surface area contributed by atoms with E-state index in [-0.39, 0.29) is 17.6 Å². The van der Waals surface area contributed by atoms with Gasteiger partial charge in [-0.25, -0.2) is 0 Å². The van der Waals surface area contributed by atoms with Crippen molar-refractivity contribution in [2.75, 3.05) is 19.8 Å². The molecule has 2 aliphatic heterocycles. The topological polar surface area (TPSA) is 67.9 Å². The Labute approximate surface area is 183 Å². The lowest BCUT2D eigenvalue weighted by Crippen LogP contribution is -2.33. The molecule has 2 heterocycles. The number of rotatable bonds is 7. The van der Waals surface area contributed by atoms with Crippen molar-refractivity contribution in [1.29, 1.82) is 0 Å². The van der Waals surface area contributed by atoms with Crippen LogP contribution in [0.5, 0.6) is 5.75 Å². The molecule has 32 heavy (non-hydrogen) atoms. The third-order valence-electron chi connectivity index (χ3n) is 5.46. The quantitative estimate of drug-likeness (QED) is 0.702. The number of amides is 2. The Hall–Kier alpha value is -3.07. The zero-order chi connectivity index (χ0) is 22.7. The number of alkyl halides is 3. The van der Waals surface area contributed by atoms with Crippen molar-refractivity contribution < 1.29 is 32.2 Å². The van der Waals surface area contributed by atoms with E-state index in [1.165, 1.54) is 12.1 Å². The number of benzene rings is 2. The molecule has 2 aliphatic rings. The number of nitrogens with zero attached hydrogens (tertiary/aromatic N) is 1. The Kier molecular flexibility index (Phi) is 6.36. The summed E-state index contributed by atoms with van der Waals surface area (Å²) in [5, 5.41) is 1.84. The molecular weight excluding hydrogens is 425 g/mol. The van der Waals surface area contributed by atoms with E-state index in [0.29, 0.717) is 31.0 Å². The second kappa shape index (κ2) is 9.20. The number of carbonyl (C=O) groups excluding carboxylic acids is 2. The van der Waals surface area contributed by atoms with Gasteiger partial charge in [0.05, 0.1) is 11.7 Å². The number of nitrogens with one attached hydrogen (secondary N) is 1. The van der Waals surface area contributed by atoms with E-state index in [1.807, 2.05) is 17.4 Å². The Bertz CT molecular complexity index is 986. The van der Waals surface area contributed by atoms with Crippen LogP contribution in [0.3, 0.4) is 0 Å². The van der Waals surface area contributed by atoms with Crippen molar-refractivity contribution >= 4 is 11.8 Å². The van der Waals surface area contributed by atoms with Gasteiger partial charge in [-0.1, -0.05) is 24.3 Å². The predicted octanol–water partition coefficient (Wildman–Crippen LogP) is 3.69. The van der Waals surface area contributed by atoms with E-state index in [2.05, 4.69) is 0 Å². The van der Waals surface area contributed by atoms with Crippen molar-refractivity contribution in [3.8, 4) is 5.75 Å². The van der Waals surface area contributed by atoms with Gasteiger partial charge in [-0.2, -0.15) is 13.2 Å². The first-order valence-corrected chi connectivity index (χ1v) is 10.4. The highest BCUT2D eigenvalue weighted by Crippen LogP contribution is 2.32. The fourth-order valence-electron chi connectivity index (χ4n) is 3.86. The van der Waals surface area contributed by atoms with Crippen LogP contribution in [0.4, 0.5) is 13.2 Å². The van der Waals surface area contributed by atoms with Gasteiger partial charge in [0.1, 0.15) is 18.9 Å². The standard InChI is InChI=1S/C23H23F3N2O4/c24-23(25,26)14-27-21(29)16-8-6-15(7-9-16)11-28-12-17-3-1-5-19(20(17)22(28)30)32-13-18-4-2-10-31-18/h1,3,5-9,18H,2,4,10-14H2,(H,27,29). The van der Waals surface area contributed by atoms with Crippen molar-refractivity contribution in [2.45, 2.75) is 38.2 Å². The van der Waals surface area contributed by atoms with Crippen molar-refractivity contribution in [3.63, 3.8) is 0 Å². The maximum atomic E-state index is 13.0. The van der Waals surface area contributed by atoms with E-state index in [0.717, 1.165) is 30.6 Å². The van der Waals surface area contributed by atoms with Crippen LogP contribution in [0.1, 0.15) is 44.7 Å². The van der Waals surface area contributed by atoms with Gasteiger partial charge in [0.25, 0.3) is 11.8 Å². The summed E-state index contributed by atoms with van der Waals surface area (Å²) >= 11 is 0. The number of fused-ring (bicyclic) bond motifs is 1. The summed E-state index contributed by atoms with van der Waals surface area (Å²) in [4.78, 5) is 26.5. The van der Waals surface area contributed by atoms with Crippen LogP contribution < -0.4 is 10.1 Å². The van der Waals surface area contributed by atoms with Crippen LogP contribution in [0.25, 0.3) is 0 Å². The van der Waals surface area contributed by atoms with Gasteiger partial charge in [-0.05, 0) is 42.2 Å². The first-order valence-electron chi connectivity index (χ1n) is 10.4. The lowest BCUT2D eigenvalue weighted by atomic mass is 10.1. The molecule has 6 nitrogen and oxygen atoms in total. The highest BCUT2D eigenvalue weighted by Gasteiger charge is 2.31. The summed E-state index contributed by atoms with van der Waals surface area (Å²) in [5.74, 6) is -0.399. The molecular formula is C23H23F3N2O4. The average molecular weight is 448 g/mol. The molecule has 0 saturated carbocycles. The molecule has 1 saturated heterocycles. The summed E-state index contributed by atoms with van der Waals surface area (Å²) in [6.45, 7) is 0.492. The fourth-order valence-corrected chi connectivity index (χ4v) is 3.86. The fraction of sp³-hybridized carbons (Fsp3) is 0.391. The lowest BCUT2D eigenvalue weighted by Gasteiger charge is -2.17. The second-order valence-electron chi connectivity index (χ2n) is 7.89. The van der Waals surface area contributed by atoms with E-state index in [4.69, 9.17) is 9.47 Å². The minimum absolute atomic E-state index is 0.0466. The van der Waals surface area contributed by atoms with Crippen LogP contribution in [0, 0.1) is 0 Å². The first kappa shape index (κ1) is 22.1. The van der Waals surface area contributed by atoms with Crippen molar-refractivity contribution in [1.82, 2.24) is 10.2 Å². The van der Waals surface area contributed by atoms with Gasteiger partial charge >= 0.3 is 6.18 Å². The molecule has 1 fully saturated rings. The monoisotopic (exact) mass is 448 g/mol. The summed E-state index contributed by atoms with van der Waals surface area (Å²) in [6, 6.07) is 11.7. The number of ether oxygens (including phenoxy) is 2. The first-order chi connectivity index (χ1) is 15.3. The van der Waals surface area contributed by atoms with Crippen LogP contribution in [-0.2, 0) is 17.8 Å². The molecule has 2 aromatic carbocycles. The molecule has 0 aliphatic carbocycles. The third-order valence-corrected chi connectivity index (χ3v) is 5.46. The summed E-state index contributed by atoms with van der Waals surface area (Å²) in [6.07, 6.45) is -2.46. The van der Waals surface area contributed by atoms with Gasteiger partial charge in [-0.15, -0.1) is 0 Å². The second-order valence-corrected chi connectivity index (χ2v) is 7.89. The summed E-state index contributed by atoms with van der Waals surface area (Å²) in [7, 11) is 0. The van der Waals surface area contributed by atoms with E-state index < -0.39 is 18.6 Å². The number of hydrogen-bond acceptors (Lipinski definition) is 4. The Morgan fingerprint density at radius 3 is 2.66 bits per heavy atom. The van der Waals surface area contributed by atoms with Gasteiger partial charge in [0.2, 0.25) is 0 Å². The Morgan fingerprint density at radius 1 is 1.19 bits per heavy atom. The van der Waals surface area contributed by atoms with Crippen molar-refractivity contribution in [2.24, 2.45) is 0 Å². The zero-order valence-electron chi connectivity index (χ0n) is 17.3. The van der Waals surface area contributed by atoms with Gasteiger partial charge in [0.15, 0.2) is 0 Å². The highest BCUT2D eigenvalue weighted by atomic mass is 19.4. The normalized spacial score (nSPS) is 18.0. The van der Waals surface area contributed by atoms with Crippen LogP contribution in [0.15, 0.2) is 42.5 Å². The maximum Gasteiger partial charge on any atom is 0.405 e. The average Bonchev–Trinajstić information content (AvgIpc) is 3.39. The van der Waals surface area contributed by atoms with Gasteiger partial charge in [-0.3, -0.25) is 9.59 Å². The minimum Gasteiger partial charge on any atom is -0.490 e. The zero-order valence-corrected chi connectivity index (χ0v) is 17.3. The molecule has 0 spiro atoms. The van der Waals surface area contributed by atoms with Crippen LogP contribution in [0.2, 0.25) is 0 Å². The molecule has 9 heteroatoms. The largest absolute Gasteiger partial charge is 0.490 e. The number of hydrogen-bond donors (Lipinski definition) is 1. The summed E-state index contributed by atoms with van der Waals surface area (Å²) < 4.78 is 48.2. The molecule has 170 valence electrons. The third kappa shape index (κ3) is 5.21. The molecule has 0 aromatic heterocycles.